The third-order valence-corrected chi connectivity index (χ3v) is 3.00. The monoisotopic (exact) mass is 240 g/mol. The normalized spacial score (nSPS) is 10.9. The minimum absolute atomic E-state index is 0.211. The van der Waals surface area contributed by atoms with Crippen LogP contribution in [0.5, 0.6) is 11.5 Å². The molecule has 0 aliphatic heterocycles. The van der Waals surface area contributed by atoms with E-state index in [0.717, 1.165) is 27.9 Å². The summed E-state index contributed by atoms with van der Waals surface area (Å²) in [6.07, 6.45) is 0. The van der Waals surface area contributed by atoms with Crippen LogP contribution in [0.25, 0.3) is 22.1 Å². The van der Waals surface area contributed by atoms with Crippen molar-refractivity contribution >= 4 is 11.0 Å². The van der Waals surface area contributed by atoms with Crippen LogP contribution in [0.2, 0.25) is 0 Å². The highest BCUT2D eigenvalue weighted by Crippen LogP contribution is 2.36. The van der Waals surface area contributed by atoms with Gasteiger partial charge < -0.3 is 14.6 Å². The van der Waals surface area contributed by atoms with Crippen LogP contribution >= 0.6 is 0 Å². The Morgan fingerprint density at radius 1 is 0.889 bits per heavy atom. The van der Waals surface area contributed by atoms with Gasteiger partial charge in [-0.1, -0.05) is 12.1 Å². The highest BCUT2D eigenvalue weighted by molar-refractivity contribution is 5.96. The zero-order valence-electron chi connectivity index (χ0n) is 9.84. The molecular weight excluding hydrogens is 228 g/mol. The summed E-state index contributed by atoms with van der Waals surface area (Å²) in [4.78, 5) is 0. The highest BCUT2D eigenvalue weighted by Gasteiger charge is 2.13. The summed E-state index contributed by atoms with van der Waals surface area (Å²) in [7, 11) is 0. The molecule has 0 spiro atoms. The smallest absolute Gasteiger partial charge is 0.135 e. The molecule has 0 saturated carbocycles. The number of phenolic OH excluding ortho intramolecular Hbond substituents is 2. The number of benzene rings is 2. The standard InChI is InChI=1S/C15H12O3/c1-9-15(10-2-4-11(16)5-3-10)13-8-12(17)6-7-14(13)18-9/h2-8,16-17H,1H3. The Morgan fingerprint density at radius 3 is 2.28 bits per heavy atom. The van der Waals surface area contributed by atoms with E-state index in [1.165, 1.54) is 0 Å². The average Bonchev–Trinajstić information content (AvgIpc) is 2.66. The molecular formula is C15H12O3. The largest absolute Gasteiger partial charge is 0.508 e. The molecule has 0 unspecified atom stereocenters. The first-order chi connectivity index (χ1) is 8.65. The Bertz CT molecular complexity index is 708. The van der Waals surface area contributed by atoms with Gasteiger partial charge >= 0.3 is 0 Å². The van der Waals surface area contributed by atoms with Crippen LogP contribution in [0.4, 0.5) is 0 Å². The molecule has 2 N–H and O–H groups in total. The average molecular weight is 240 g/mol. The third-order valence-electron chi connectivity index (χ3n) is 3.00. The van der Waals surface area contributed by atoms with E-state index in [1.807, 2.05) is 19.1 Å². The van der Waals surface area contributed by atoms with Gasteiger partial charge in [0.25, 0.3) is 0 Å². The molecule has 3 heteroatoms. The second kappa shape index (κ2) is 3.81. The molecule has 0 aliphatic carbocycles. The molecule has 0 aliphatic rings. The number of hydrogen-bond acceptors (Lipinski definition) is 3. The van der Waals surface area contributed by atoms with Gasteiger partial charge in [0.15, 0.2) is 0 Å². The predicted octanol–water partition coefficient (Wildman–Crippen LogP) is 3.82. The van der Waals surface area contributed by atoms with E-state index < -0.39 is 0 Å². The fourth-order valence-corrected chi connectivity index (χ4v) is 2.19. The van der Waals surface area contributed by atoms with Gasteiger partial charge in [0.2, 0.25) is 0 Å². The van der Waals surface area contributed by atoms with Crippen molar-refractivity contribution in [3.8, 4) is 22.6 Å². The second-order valence-corrected chi connectivity index (χ2v) is 4.26. The van der Waals surface area contributed by atoms with Gasteiger partial charge in [-0.25, -0.2) is 0 Å². The number of aryl methyl sites for hydroxylation is 1. The fraction of sp³-hybridized carbons (Fsp3) is 0.0667. The maximum absolute atomic E-state index is 9.57. The van der Waals surface area contributed by atoms with Crippen molar-refractivity contribution in [3.63, 3.8) is 0 Å². The van der Waals surface area contributed by atoms with Crippen molar-refractivity contribution in [1.82, 2.24) is 0 Å². The number of phenols is 2. The Morgan fingerprint density at radius 2 is 1.56 bits per heavy atom. The van der Waals surface area contributed by atoms with Gasteiger partial charge in [0, 0.05) is 10.9 Å². The number of aromatic hydroxyl groups is 2. The lowest BCUT2D eigenvalue weighted by Crippen LogP contribution is -1.78. The van der Waals surface area contributed by atoms with Crippen molar-refractivity contribution < 1.29 is 14.6 Å². The molecule has 0 bridgehead atoms. The summed E-state index contributed by atoms with van der Waals surface area (Å²) in [5, 5.41) is 19.8. The molecule has 0 fully saturated rings. The topological polar surface area (TPSA) is 53.6 Å². The Hall–Kier alpha value is -2.42. The first kappa shape index (κ1) is 10.7. The van der Waals surface area contributed by atoms with E-state index in [-0.39, 0.29) is 11.5 Å². The van der Waals surface area contributed by atoms with E-state index in [9.17, 15) is 10.2 Å². The first-order valence-corrected chi connectivity index (χ1v) is 5.66. The molecule has 90 valence electrons. The summed E-state index contributed by atoms with van der Waals surface area (Å²) < 4.78 is 5.67. The van der Waals surface area contributed by atoms with Crippen molar-refractivity contribution in [2.75, 3.05) is 0 Å². The molecule has 1 aromatic heterocycles. The highest BCUT2D eigenvalue weighted by atomic mass is 16.3. The van der Waals surface area contributed by atoms with Crippen molar-refractivity contribution in [1.29, 1.82) is 0 Å². The second-order valence-electron chi connectivity index (χ2n) is 4.26. The van der Waals surface area contributed by atoms with Crippen molar-refractivity contribution in [3.05, 3.63) is 48.2 Å². The van der Waals surface area contributed by atoms with Crippen LogP contribution in [-0.4, -0.2) is 10.2 Å². The van der Waals surface area contributed by atoms with E-state index >= 15 is 0 Å². The lowest BCUT2D eigenvalue weighted by molar-refractivity contribution is 0.475. The zero-order chi connectivity index (χ0) is 12.7. The third kappa shape index (κ3) is 1.61. The van der Waals surface area contributed by atoms with E-state index in [4.69, 9.17) is 4.42 Å². The zero-order valence-corrected chi connectivity index (χ0v) is 9.84. The molecule has 2 aromatic carbocycles. The lowest BCUT2D eigenvalue weighted by Gasteiger charge is -2.01. The molecule has 18 heavy (non-hydrogen) atoms. The summed E-state index contributed by atoms with van der Waals surface area (Å²) in [6.45, 7) is 1.89. The van der Waals surface area contributed by atoms with Gasteiger partial charge in [-0.3, -0.25) is 0 Å². The number of furan rings is 1. The fourth-order valence-electron chi connectivity index (χ4n) is 2.19. The Labute approximate surface area is 104 Å². The van der Waals surface area contributed by atoms with Crippen molar-refractivity contribution in [2.45, 2.75) is 6.92 Å². The van der Waals surface area contributed by atoms with Gasteiger partial charge in [0.05, 0.1) is 0 Å². The quantitative estimate of drug-likeness (QED) is 0.679. The minimum Gasteiger partial charge on any atom is -0.508 e. The van der Waals surface area contributed by atoms with Crippen LogP contribution in [0.1, 0.15) is 5.76 Å². The van der Waals surface area contributed by atoms with Crippen LogP contribution in [0.15, 0.2) is 46.9 Å². The Kier molecular flexibility index (Phi) is 2.27. The Balaban J connectivity index is 2.30. The maximum Gasteiger partial charge on any atom is 0.135 e. The molecule has 3 aromatic rings. The molecule has 0 radical (unpaired) electrons. The van der Waals surface area contributed by atoms with Gasteiger partial charge in [-0.15, -0.1) is 0 Å². The van der Waals surface area contributed by atoms with Crippen LogP contribution in [-0.2, 0) is 0 Å². The maximum atomic E-state index is 9.57. The summed E-state index contributed by atoms with van der Waals surface area (Å²) in [5.74, 6) is 1.23. The molecule has 3 rings (SSSR count). The van der Waals surface area contributed by atoms with Crippen LogP contribution in [0, 0.1) is 6.92 Å². The van der Waals surface area contributed by atoms with E-state index in [0.29, 0.717) is 0 Å². The van der Waals surface area contributed by atoms with E-state index in [2.05, 4.69) is 0 Å². The number of rotatable bonds is 1. The number of hydrogen-bond donors (Lipinski definition) is 2. The molecule has 0 saturated heterocycles. The molecule has 1 heterocycles. The molecule has 0 atom stereocenters. The first-order valence-electron chi connectivity index (χ1n) is 5.66. The SMILES string of the molecule is Cc1oc2ccc(O)cc2c1-c1ccc(O)cc1. The summed E-state index contributed by atoms with van der Waals surface area (Å²) in [5.41, 5.74) is 2.64. The van der Waals surface area contributed by atoms with Gasteiger partial charge in [-0.05, 0) is 42.8 Å². The van der Waals surface area contributed by atoms with Gasteiger partial charge in [-0.2, -0.15) is 0 Å². The van der Waals surface area contributed by atoms with Crippen LogP contribution in [0.3, 0.4) is 0 Å². The number of fused-ring (bicyclic) bond motifs is 1. The van der Waals surface area contributed by atoms with E-state index in [1.54, 1.807) is 30.3 Å². The van der Waals surface area contributed by atoms with Crippen LogP contribution < -0.4 is 0 Å². The summed E-state index contributed by atoms with van der Waals surface area (Å²) >= 11 is 0. The minimum atomic E-state index is 0.211. The summed E-state index contributed by atoms with van der Waals surface area (Å²) in [6, 6.07) is 12.0. The molecule has 3 nitrogen and oxygen atoms in total. The molecule has 0 amide bonds. The predicted molar refractivity (Wildman–Crippen MR) is 69.7 cm³/mol. The van der Waals surface area contributed by atoms with Gasteiger partial charge in [0.1, 0.15) is 22.8 Å². The van der Waals surface area contributed by atoms with Crippen molar-refractivity contribution in [2.24, 2.45) is 0 Å². The lowest BCUT2D eigenvalue weighted by atomic mass is 10.0.